The number of carboxylic acids is 1. The van der Waals surface area contributed by atoms with Crippen LogP contribution in [-0.2, 0) is 24.0 Å². The number of Topliss-reactive ketones (excluding diaryl/α,β-unsaturated/α-hetero) is 4. The highest BCUT2D eigenvalue weighted by atomic mass is 16.4. The van der Waals surface area contributed by atoms with Crippen LogP contribution in [0.1, 0.15) is 93.4 Å². The van der Waals surface area contributed by atoms with Crippen molar-refractivity contribution in [3.63, 3.8) is 0 Å². The summed E-state index contributed by atoms with van der Waals surface area (Å²) in [6, 6.07) is 0. The second-order valence-electron chi connectivity index (χ2n) is 13.7. The number of fused-ring (bicyclic) bond motifs is 4. The minimum absolute atomic E-state index is 0.00884. The number of aliphatic hydroxyl groups excluding tert-OH is 1. The average molecular weight is 515 g/mol. The first-order valence-electron chi connectivity index (χ1n) is 13.7. The summed E-state index contributed by atoms with van der Waals surface area (Å²) in [5.41, 5.74) is -1.92. The molecule has 0 spiro atoms. The minimum atomic E-state index is -1.04. The van der Waals surface area contributed by atoms with Crippen molar-refractivity contribution >= 4 is 29.1 Å². The molecule has 0 aromatic heterocycles. The monoisotopic (exact) mass is 514 g/mol. The van der Waals surface area contributed by atoms with E-state index in [9.17, 15) is 34.2 Å². The van der Waals surface area contributed by atoms with E-state index in [2.05, 4.69) is 0 Å². The molecule has 8 atom stereocenters. The van der Waals surface area contributed by atoms with Crippen molar-refractivity contribution in [3.8, 4) is 0 Å². The minimum Gasteiger partial charge on any atom is -0.481 e. The van der Waals surface area contributed by atoms with Crippen LogP contribution in [0.15, 0.2) is 11.1 Å². The molecule has 0 saturated heterocycles. The fourth-order valence-electron chi connectivity index (χ4n) is 8.93. The maximum absolute atomic E-state index is 14.0. The lowest BCUT2D eigenvalue weighted by molar-refractivity contribution is -0.147. The van der Waals surface area contributed by atoms with Gasteiger partial charge in [0.2, 0.25) is 0 Å². The summed E-state index contributed by atoms with van der Waals surface area (Å²) in [6.45, 7) is 13.1. The number of hydrogen-bond donors (Lipinski definition) is 2. The van der Waals surface area contributed by atoms with Crippen LogP contribution in [-0.4, -0.2) is 45.4 Å². The predicted molar refractivity (Wildman–Crippen MR) is 136 cm³/mol. The fraction of sp³-hybridized carbons (Fsp3) is 0.767. The van der Waals surface area contributed by atoms with Crippen LogP contribution < -0.4 is 0 Å². The van der Waals surface area contributed by atoms with E-state index >= 15 is 0 Å². The molecule has 2 fully saturated rings. The molecule has 7 heteroatoms. The van der Waals surface area contributed by atoms with E-state index in [1.807, 2.05) is 41.5 Å². The van der Waals surface area contributed by atoms with Gasteiger partial charge in [-0.25, -0.2) is 0 Å². The Hall–Kier alpha value is -2.15. The molecule has 0 radical (unpaired) electrons. The molecule has 0 amide bonds. The topological polar surface area (TPSA) is 126 Å². The molecule has 37 heavy (non-hydrogen) atoms. The van der Waals surface area contributed by atoms with Crippen LogP contribution in [0.2, 0.25) is 0 Å². The molecule has 4 aliphatic carbocycles. The van der Waals surface area contributed by atoms with E-state index in [1.165, 1.54) is 6.92 Å². The van der Waals surface area contributed by atoms with Gasteiger partial charge in [0.05, 0.1) is 17.4 Å². The second kappa shape index (κ2) is 8.69. The van der Waals surface area contributed by atoms with Crippen LogP contribution >= 0.6 is 0 Å². The van der Waals surface area contributed by atoms with E-state index in [1.54, 1.807) is 0 Å². The highest BCUT2D eigenvalue weighted by Crippen LogP contribution is 2.70. The van der Waals surface area contributed by atoms with Crippen molar-refractivity contribution in [2.24, 2.45) is 45.3 Å². The van der Waals surface area contributed by atoms with Gasteiger partial charge < -0.3 is 10.2 Å². The summed E-state index contributed by atoms with van der Waals surface area (Å²) in [4.78, 5) is 64.6. The molecular formula is C30H42O7. The molecule has 0 aromatic rings. The summed E-state index contributed by atoms with van der Waals surface area (Å²) in [5.74, 6) is -2.49. The number of rotatable bonds is 6. The Kier molecular flexibility index (Phi) is 6.54. The van der Waals surface area contributed by atoms with Crippen LogP contribution in [0.3, 0.4) is 0 Å². The Morgan fingerprint density at radius 3 is 2.22 bits per heavy atom. The summed E-state index contributed by atoms with van der Waals surface area (Å²) in [7, 11) is 0. The number of hydrogen-bond acceptors (Lipinski definition) is 6. The Morgan fingerprint density at radius 2 is 1.62 bits per heavy atom. The van der Waals surface area contributed by atoms with E-state index in [0.29, 0.717) is 30.4 Å². The number of carbonyl (C=O) groups excluding carboxylic acids is 4. The molecule has 0 bridgehead atoms. The van der Waals surface area contributed by atoms with Gasteiger partial charge in [-0.15, -0.1) is 0 Å². The third-order valence-corrected chi connectivity index (χ3v) is 11.3. The molecule has 0 aromatic carbocycles. The molecular weight excluding hydrogens is 472 g/mol. The number of carbonyl (C=O) groups is 5. The third-order valence-electron chi connectivity index (χ3n) is 11.3. The van der Waals surface area contributed by atoms with Crippen LogP contribution in [0.25, 0.3) is 0 Å². The second-order valence-corrected chi connectivity index (χ2v) is 13.7. The zero-order valence-corrected chi connectivity index (χ0v) is 23.3. The van der Waals surface area contributed by atoms with Crippen molar-refractivity contribution in [1.29, 1.82) is 0 Å². The van der Waals surface area contributed by atoms with Crippen LogP contribution in [0.4, 0.5) is 0 Å². The summed E-state index contributed by atoms with van der Waals surface area (Å²) in [6.07, 6.45) is 0.736. The first-order chi connectivity index (χ1) is 16.9. The summed E-state index contributed by atoms with van der Waals surface area (Å²) >= 11 is 0. The predicted octanol–water partition coefficient (Wildman–Crippen LogP) is 4.34. The average Bonchev–Trinajstić information content (AvgIpc) is 2.99. The number of allylic oxidation sites excluding steroid dienone is 1. The zero-order valence-electron chi connectivity index (χ0n) is 23.3. The first-order valence-corrected chi connectivity index (χ1v) is 13.7. The SMILES string of the molecule is CC(CC(=O)CC(C)C1CC(=O)C2(C)C3=C(C(=O)CC12C)C1(C)CCC(=O)C(C)(C)C1CC3O)C(=O)O. The van der Waals surface area contributed by atoms with Gasteiger partial charge in [0.1, 0.15) is 17.3 Å². The molecule has 204 valence electrons. The Morgan fingerprint density at radius 1 is 1.00 bits per heavy atom. The molecule has 2 N–H and O–H groups in total. The van der Waals surface area contributed by atoms with Gasteiger partial charge in [-0.2, -0.15) is 0 Å². The van der Waals surface area contributed by atoms with E-state index < -0.39 is 39.7 Å². The van der Waals surface area contributed by atoms with Gasteiger partial charge in [-0.3, -0.25) is 24.0 Å². The van der Waals surface area contributed by atoms with Crippen molar-refractivity contribution in [3.05, 3.63) is 11.1 Å². The number of aliphatic hydroxyl groups is 1. The molecule has 4 rings (SSSR count). The smallest absolute Gasteiger partial charge is 0.306 e. The molecule has 0 heterocycles. The maximum atomic E-state index is 14.0. The summed E-state index contributed by atoms with van der Waals surface area (Å²) in [5, 5.41) is 20.7. The maximum Gasteiger partial charge on any atom is 0.306 e. The number of carboxylic acid groups (broad SMARTS) is 1. The lowest BCUT2D eigenvalue weighted by Gasteiger charge is -2.60. The quantitative estimate of drug-likeness (QED) is 0.540. The fourth-order valence-corrected chi connectivity index (χ4v) is 8.93. The van der Waals surface area contributed by atoms with E-state index in [0.717, 1.165) is 0 Å². The van der Waals surface area contributed by atoms with Gasteiger partial charge in [0.25, 0.3) is 0 Å². The third kappa shape index (κ3) is 3.74. The normalized spacial score (nSPS) is 40.5. The highest BCUT2D eigenvalue weighted by Gasteiger charge is 2.70. The van der Waals surface area contributed by atoms with Gasteiger partial charge in [0.15, 0.2) is 5.78 Å². The van der Waals surface area contributed by atoms with Crippen LogP contribution in [0.5, 0.6) is 0 Å². The van der Waals surface area contributed by atoms with Crippen molar-refractivity contribution in [2.45, 2.75) is 99.5 Å². The molecule has 4 aliphatic rings. The summed E-state index contributed by atoms with van der Waals surface area (Å²) < 4.78 is 0. The largest absolute Gasteiger partial charge is 0.481 e. The van der Waals surface area contributed by atoms with Crippen LogP contribution in [0, 0.1) is 45.3 Å². The van der Waals surface area contributed by atoms with Gasteiger partial charge >= 0.3 is 5.97 Å². The molecule has 2 saturated carbocycles. The molecule has 8 unspecified atom stereocenters. The lowest BCUT2D eigenvalue weighted by Crippen LogP contribution is -2.60. The molecule has 7 nitrogen and oxygen atoms in total. The van der Waals surface area contributed by atoms with Gasteiger partial charge in [0, 0.05) is 48.5 Å². The zero-order chi connectivity index (χ0) is 27.9. The van der Waals surface area contributed by atoms with Crippen molar-refractivity contribution in [2.75, 3.05) is 0 Å². The standard InChI is InChI=1S/C30H42O7/c1-15(10-17(31)11-16(2)26(36)37)18-12-23(35)30(7)25-19(32)13-21-27(3,4)22(34)8-9-28(21,5)24(25)20(33)14-29(18,30)6/h15-16,18-19,21,32H,8-14H2,1-7H3,(H,36,37). The van der Waals surface area contributed by atoms with Gasteiger partial charge in [-0.1, -0.05) is 41.5 Å². The first kappa shape index (κ1) is 27.9. The Balaban J connectivity index is 1.75. The number of ketones is 4. The molecule has 0 aliphatic heterocycles. The van der Waals surface area contributed by atoms with E-state index in [-0.39, 0.29) is 66.6 Å². The number of aliphatic carboxylic acids is 1. The Bertz CT molecular complexity index is 1110. The van der Waals surface area contributed by atoms with E-state index in [4.69, 9.17) is 0 Å². The highest BCUT2D eigenvalue weighted by molar-refractivity contribution is 6.05. The van der Waals surface area contributed by atoms with Crippen molar-refractivity contribution < 1.29 is 34.2 Å². The van der Waals surface area contributed by atoms with Gasteiger partial charge in [-0.05, 0) is 48.5 Å². The lowest BCUT2D eigenvalue weighted by atomic mass is 9.42. The Labute approximate surface area is 219 Å². The van der Waals surface area contributed by atoms with Crippen molar-refractivity contribution in [1.82, 2.24) is 0 Å².